The zero-order valence-electron chi connectivity index (χ0n) is 11.1. The summed E-state index contributed by atoms with van der Waals surface area (Å²) in [6, 6.07) is 4.39. The topological polar surface area (TPSA) is 114 Å². The van der Waals surface area contributed by atoms with Gasteiger partial charge in [0.15, 0.2) is 5.13 Å². The lowest BCUT2D eigenvalue weighted by Gasteiger charge is -2.09. The molecule has 0 aliphatic carbocycles. The molecule has 1 heterocycles. The van der Waals surface area contributed by atoms with Gasteiger partial charge in [0.1, 0.15) is 6.20 Å². The van der Waals surface area contributed by atoms with Gasteiger partial charge >= 0.3 is 5.00 Å². The lowest BCUT2D eigenvalue weighted by molar-refractivity contribution is -0.380. The zero-order chi connectivity index (χ0) is 16.3. The molecule has 0 atom stereocenters. The fourth-order valence-electron chi connectivity index (χ4n) is 1.58. The minimum atomic E-state index is -0.602. The molecule has 2 N–H and O–H groups in total. The van der Waals surface area contributed by atoms with Crippen molar-refractivity contribution in [3.8, 4) is 0 Å². The summed E-state index contributed by atoms with van der Waals surface area (Å²) in [5.74, 6) is -0.934. The van der Waals surface area contributed by atoms with E-state index >= 15 is 0 Å². The van der Waals surface area contributed by atoms with Crippen molar-refractivity contribution in [2.75, 3.05) is 10.6 Å². The number of nitrogens with zero attached hydrogens (tertiary/aromatic N) is 2. The van der Waals surface area contributed by atoms with E-state index in [1.165, 1.54) is 25.1 Å². The maximum atomic E-state index is 12.2. The Morgan fingerprint density at radius 1 is 1.36 bits per heavy atom. The summed E-state index contributed by atoms with van der Waals surface area (Å²) in [7, 11) is 0. The molecule has 0 saturated carbocycles. The summed E-state index contributed by atoms with van der Waals surface area (Å²) in [6.07, 6.45) is 1.05. The van der Waals surface area contributed by atoms with Gasteiger partial charge in [0.05, 0.1) is 16.2 Å². The molecule has 0 aliphatic heterocycles. The molecule has 0 unspecified atom stereocenters. The van der Waals surface area contributed by atoms with Crippen molar-refractivity contribution in [2.45, 2.75) is 6.92 Å². The third-order valence-corrected chi connectivity index (χ3v) is 3.53. The third-order valence-electron chi connectivity index (χ3n) is 2.43. The van der Waals surface area contributed by atoms with Crippen LogP contribution in [0.2, 0.25) is 5.02 Å². The molecule has 2 amide bonds. The summed E-state index contributed by atoms with van der Waals surface area (Å²) < 4.78 is 0. The van der Waals surface area contributed by atoms with Gasteiger partial charge in [-0.05, 0) is 29.5 Å². The Kier molecular flexibility index (Phi) is 4.68. The number of nitrogens with one attached hydrogen (secondary N) is 2. The van der Waals surface area contributed by atoms with E-state index in [1.54, 1.807) is 0 Å². The van der Waals surface area contributed by atoms with Gasteiger partial charge in [-0.2, -0.15) is 0 Å². The van der Waals surface area contributed by atoms with Crippen LogP contribution >= 0.6 is 22.9 Å². The molecule has 0 aliphatic rings. The Labute approximate surface area is 133 Å². The number of halogens is 1. The normalized spacial score (nSPS) is 10.1. The highest BCUT2D eigenvalue weighted by Crippen LogP contribution is 2.27. The van der Waals surface area contributed by atoms with Crippen molar-refractivity contribution in [2.24, 2.45) is 0 Å². The number of amides is 2. The monoisotopic (exact) mass is 340 g/mol. The highest BCUT2D eigenvalue weighted by molar-refractivity contribution is 7.18. The Morgan fingerprint density at radius 3 is 2.68 bits per heavy atom. The molecule has 114 valence electrons. The molecule has 8 nitrogen and oxygen atoms in total. The number of aromatic nitrogens is 1. The van der Waals surface area contributed by atoms with E-state index in [0.29, 0.717) is 5.02 Å². The van der Waals surface area contributed by atoms with Crippen LogP contribution < -0.4 is 10.6 Å². The van der Waals surface area contributed by atoms with Gasteiger partial charge in [-0.3, -0.25) is 25.0 Å². The van der Waals surface area contributed by atoms with Crippen molar-refractivity contribution in [1.82, 2.24) is 4.98 Å². The second kappa shape index (κ2) is 6.50. The second-order valence-electron chi connectivity index (χ2n) is 4.09. The Hall–Kier alpha value is -2.52. The van der Waals surface area contributed by atoms with Crippen LogP contribution in [0.5, 0.6) is 0 Å². The first-order chi connectivity index (χ1) is 10.4. The summed E-state index contributed by atoms with van der Waals surface area (Å²) in [5, 5.41) is 15.7. The van der Waals surface area contributed by atoms with Gasteiger partial charge in [-0.15, -0.1) is 0 Å². The van der Waals surface area contributed by atoms with Crippen LogP contribution in [0.4, 0.5) is 15.8 Å². The maximum Gasteiger partial charge on any atom is 0.345 e. The van der Waals surface area contributed by atoms with Crippen LogP contribution in [0.3, 0.4) is 0 Å². The van der Waals surface area contributed by atoms with E-state index < -0.39 is 10.8 Å². The Morgan fingerprint density at radius 2 is 2.09 bits per heavy atom. The zero-order valence-corrected chi connectivity index (χ0v) is 12.7. The van der Waals surface area contributed by atoms with E-state index in [2.05, 4.69) is 15.6 Å². The standard InChI is InChI=1S/C12H9ClN4O4S/c1-6(18)15-9-3-2-7(13)4-8(9)11(19)16-12-14-5-10(22-12)17(20)21/h2-5H,1H3,(H,15,18)(H,14,16,19). The molecule has 0 spiro atoms. The highest BCUT2D eigenvalue weighted by atomic mass is 35.5. The Bertz CT molecular complexity index is 761. The molecule has 0 bridgehead atoms. The fraction of sp³-hybridized carbons (Fsp3) is 0.0833. The van der Waals surface area contributed by atoms with Crippen LogP contribution in [-0.4, -0.2) is 21.7 Å². The number of hydrogen-bond acceptors (Lipinski definition) is 6. The van der Waals surface area contributed by atoms with E-state index in [0.717, 1.165) is 17.5 Å². The number of carbonyl (C=O) groups excluding carboxylic acids is 2. The predicted octanol–water partition coefficient (Wildman–Crippen LogP) is 2.92. The molecule has 1 aromatic carbocycles. The summed E-state index contributed by atoms with van der Waals surface area (Å²) in [4.78, 5) is 37.1. The molecule has 22 heavy (non-hydrogen) atoms. The molecule has 10 heteroatoms. The maximum absolute atomic E-state index is 12.2. The van der Waals surface area contributed by atoms with Gasteiger partial charge in [0.2, 0.25) is 5.91 Å². The molecule has 1 aromatic heterocycles. The number of anilines is 2. The smallest absolute Gasteiger partial charge is 0.326 e. The van der Waals surface area contributed by atoms with Crippen LogP contribution in [0.1, 0.15) is 17.3 Å². The summed E-state index contributed by atoms with van der Waals surface area (Å²) >= 11 is 6.58. The van der Waals surface area contributed by atoms with Crippen molar-refractivity contribution in [3.05, 3.63) is 45.1 Å². The highest BCUT2D eigenvalue weighted by Gasteiger charge is 2.17. The molecule has 2 aromatic rings. The van der Waals surface area contributed by atoms with Gasteiger partial charge in [-0.25, -0.2) is 4.98 Å². The van der Waals surface area contributed by atoms with Gasteiger partial charge in [0, 0.05) is 11.9 Å². The van der Waals surface area contributed by atoms with E-state index in [4.69, 9.17) is 11.6 Å². The number of rotatable bonds is 4. The SMILES string of the molecule is CC(=O)Nc1ccc(Cl)cc1C(=O)Nc1ncc([N+](=O)[O-])s1. The number of carbonyl (C=O) groups is 2. The largest absolute Gasteiger partial charge is 0.345 e. The first-order valence-corrected chi connectivity index (χ1v) is 7.05. The molecular weight excluding hydrogens is 332 g/mol. The summed E-state index contributed by atoms with van der Waals surface area (Å²) in [5.41, 5.74) is 0.404. The second-order valence-corrected chi connectivity index (χ2v) is 5.53. The van der Waals surface area contributed by atoms with Crippen molar-refractivity contribution >= 4 is 50.6 Å². The van der Waals surface area contributed by atoms with Crippen LogP contribution in [-0.2, 0) is 4.79 Å². The third kappa shape index (κ3) is 3.77. The molecular formula is C12H9ClN4O4S. The van der Waals surface area contributed by atoms with Gasteiger partial charge in [-0.1, -0.05) is 11.6 Å². The fourth-order valence-corrected chi connectivity index (χ4v) is 2.37. The van der Waals surface area contributed by atoms with Crippen molar-refractivity contribution in [1.29, 1.82) is 0 Å². The van der Waals surface area contributed by atoms with E-state index in [-0.39, 0.29) is 27.3 Å². The van der Waals surface area contributed by atoms with Crippen molar-refractivity contribution < 1.29 is 14.5 Å². The minimum absolute atomic E-state index is 0.0745. The van der Waals surface area contributed by atoms with Crippen LogP contribution in [0, 0.1) is 10.1 Å². The summed E-state index contributed by atoms with van der Waals surface area (Å²) in [6.45, 7) is 1.31. The minimum Gasteiger partial charge on any atom is -0.326 e. The quantitative estimate of drug-likeness (QED) is 0.656. The van der Waals surface area contributed by atoms with Gasteiger partial charge in [0.25, 0.3) is 5.91 Å². The lowest BCUT2D eigenvalue weighted by Crippen LogP contribution is -2.16. The average molecular weight is 341 g/mol. The first kappa shape index (κ1) is 15.9. The predicted molar refractivity (Wildman–Crippen MR) is 82.5 cm³/mol. The molecule has 2 rings (SSSR count). The van der Waals surface area contributed by atoms with Crippen LogP contribution in [0.15, 0.2) is 24.4 Å². The van der Waals surface area contributed by atoms with E-state index in [9.17, 15) is 19.7 Å². The number of nitro groups is 1. The molecule has 0 radical (unpaired) electrons. The van der Waals surface area contributed by atoms with Crippen molar-refractivity contribution in [3.63, 3.8) is 0 Å². The lowest BCUT2D eigenvalue weighted by atomic mass is 10.1. The number of thiazole rings is 1. The number of hydrogen-bond donors (Lipinski definition) is 2. The van der Waals surface area contributed by atoms with Gasteiger partial charge < -0.3 is 5.32 Å². The molecule has 0 fully saturated rings. The van der Waals surface area contributed by atoms with E-state index in [1.807, 2.05) is 0 Å². The molecule has 0 saturated heterocycles. The van der Waals surface area contributed by atoms with Crippen LogP contribution in [0.25, 0.3) is 0 Å². The average Bonchev–Trinajstić information content (AvgIpc) is 2.89. The Balaban J connectivity index is 2.26. The first-order valence-electron chi connectivity index (χ1n) is 5.85. The number of benzene rings is 1.